The van der Waals surface area contributed by atoms with E-state index in [9.17, 15) is 18.0 Å². The topological polar surface area (TPSA) is 109 Å². The predicted molar refractivity (Wildman–Crippen MR) is 103 cm³/mol. The number of carbonyl (C=O) groups excluding carboxylic acids is 1. The summed E-state index contributed by atoms with van der Waals surface area (Å²) < 4.78 is 42.9. The molecule has 0 bridgehead atoms. The number of ether oxygens (including phenoxy) is 1. The first-order valence-corrected chi connectivity index (χ1v) is 9.86. The molecule has 0 aromatic carbocycles. The molecule has 2 fully saturated rings. The van der Waals surface area contributed by atoms with Crippen molar-refractivity contribution >= 4 is 11.9 Å². The van der Waals surface area contributed by atoms with Crippen molar-refractivity contribution in [3.05, 3.63) is 48.4 Å². The average Bonchev–Trinajstić information content (AvgIpc) is 3.43. The maximum absolute atomic E-state index is 12.9. The number of carbonyl (C=O) groups is 2. The molecular weight excluding hydrogens is 433 g/mol. The summed E-state index contributed by atoms with van der Waals surface area (Å²) in [6.07, 6.45) is 0.839. The van der Waals surface area contributed by atoms with Crippen LogP contribution in [0.1, 0.15) is 22.8 Å². The van der Waals surface area contributed by atoms with Gasteiger partial charge in [0.2, 0.25) is 5.82 Å². The minimum absolute atomic E-state index is 0.0926. The van der Waals surface area contributed by atoms with Crippen LogP contribution in [0.3, 0.4) is 0 Å². The van der Waals surface area contributed by atoms with Crippen molar-refractivity contribution in [1.82, 2.24) is 19.8 Å². The van der Waals surface area contributed by atoms with Gasteiger partial charge in [-0.2, -0.15) is 13.2 Å². The van der Waals surface area contributed by atoms with Crippen LogP contribution in [0.2, 0.25) is 0 Å². The lowest BCUT2D eigenvalue weighted by Gasteiger charge is -2.40. The van der Waals surface area contributed by atoms with E-state index >= 15 is 0 Å². The second-order valence-corrected chi connectivity index (χ2v) is 7.44. The van der Waals surface area contributed by atoms with Gasteiger partial charge >= 0.3 is 12.1 Å². The molecule has 0 aliphatic carbocycles. The number of alkyl halides is 3. The number of aromatic nitrogens is 2. The van der Waals surface area contributed by atoms with Crippen molar-refractivity contribution in [3.8, 4) is 0 Å². The first-order valence-electron chi connectivity index (χ1n) is 9.86. The highest BCUT2D eigenvalue weighted by Gasteiger charge is 2.46. The Labute approximate surface area is 181 Å². The van der Waals surface area contributed by atoms with Crippen LogP contribution in [0, 0.1) is 5.92 Å². The SMILES string of the molecule is CO[C@@H]1CCN(C(=O)c2ncccn2)[C@@H]2CN(Cc3ccco3)C[C@@H]21.O=C(O)C(F)(F)F. The molecule has 2 saturated heterocycles. The molecule has 2 aliphatic rings. The zero-order chi connectivity index (χ0) is 23.3. The highest BCUT2D eigenvalue weighted by atomic mass is 19.4. The largest absolute Gasteiger partial charge is 0.490 e. The molecule has 9 nitrogen and oxygen atoms in total. The van der Waals surface area contributed by atoms with Gasteiger partial charge in [-0.25, -0.2) is 14.8 Å². The van der Waals surface area contributed by atoms with Crippen molar-refractivity contribution < 1.29 is 37.0 Å². The van der Waals surface area contributed by atoms with Crippen molar-refractivity contribution in [2.75, 3.05) is 26.7 Å². The lowest BCUT2D eigenvalue weighted by molar-refractivity contribution is -0.192. The average molecular weight is 456 g/mol. The summed E-state index contributed by atoms with van der Waals surface area (Å²) in [5.41, 5.74) is 0. The Morgan fingerprint density at radius 1 is 1.25 bits per heavy atom. The van der Waals surface area contributed by atoms with E-state index in [1.54, 1.807) is 31.8 Å². The van der Waals surface area contributed by atoms with E-state index < -0.39 is 12.1 Å². The van der Waals surface area contributed by atoms with Gasteiger partial charge in [0, 0.05) is 45.1 Å². The lowest BCUT2D eigenvalue weighted by Crippen LogP contribution is -2.53. The maximum atomic E-state index is 12.9. The molecule has 12 heteroatoms. The zero-order valence-electron chi connectivity index (χ0n) is 17.2. The third kappa shape index (κ3) is 5.62. The van der Waals surface area contributed by atoms with E-state index in [0.717, 1.165) is 31.8 Å². The van der Waals surface area contributed by atoms with E-state index in [0.29, 0.717) is 12.5 Å². The quantitative estimate of drug-likeness (QED) is 0.745. The zero-order valence-corrected chi connectivity index (χ0v) is 17.2. The molecule has 4 heterocycles. The van der Waals surface area contributed by atoms with E-state index in [4.69, 9.17) is 19.1 Å². The fourth-order valence-electron chi connectivity index (χ4n) is 4.07. The van der Waals surface area contributed by atoms with Crippen LogP contribution < -0.4 is 0 Å². The Balaban J connectivity index is 0.000000360. The van der Waals surface area contributed by atoms with E-state index in [1.807, 2.05) is 17.0 Å². The van der Waals surface area contributed by atoms with Crippen molar-refractivity contribution in [1.29, 1.82) is 0 Å². The minimum Gasteiger partial charge on any atom is -0.475 e. The normalized spacial score (nSPS) is 23.2. The lowest BCUT2D eigenvalue weighted by atomic mass is 9.89. The van der Waals surface area contributed by atoms with Gasteiger partial charge in [-0.15, -0.1) is 0 Å². The van der Waals surface area contributed by atoms with Gasteiger partial charge in [0.1, 0.15) is 5.76 Å². The number of piperidine rings is 1. The van der Waals surface area contributed by atoms with Crippen molar-refractivity contribution in [3.63, 3.8) is 0 Å². The number of rotatable bonds is 4. The number of nitrogens with zero attached hydrogens (tertiary/aromatic N) is 4. The Kier molecular flexibility index (Phi) is 7.46. The molecule has 4 rings (SSSR count). The summed E-state index contributed by atoms with van der Waals surface area (Å²) in [4.78, 5) is 34.3. The number of aliphatic carboxylic acids is 1. The number of hydrogen-bond donors (Lipinski definition) is 1. The number of carboxylic acids is 1. The van der Waals surface area contributed by atoms with Gasteiger partial charge in [0.05, 0.1) is 25.0 Å². The van der Waals surface area contributed by atoms with E-state index in [-0.39, 0.29) is 23.9 Å². The number of furan rings is 1. The van der Waals surface area contributed by atoms with Crippen LogP contribution >= 0.6 is 0 Å². The smallest absolute Gasteiger partial charge is 0.475 e. The van der Waals surface area contributed by atoms with Crippen LogP contribution in [0.4, 0.5) is 13.2 Å². The molecule has 2 aromatic rings. The summed E-state index contributed by atoms with van der Waals surface area (Å²) in [6, 6.07) is 5.72. The molecule has 174 valence electrons. The number of halogens is 3. The summed E-state index contributed by atoms with van der Waals surface area (Å²) in [6.45, 7) is 3.12. The molecule has 1 N–H and O–H groups in total. The van der Waals surface area contributed by atoms with Crippen molar-refractivity contribution in [2.24, 2.45) is 5.92 Å². The number of fused-ring (bicyclic) bond motifs is 1. The summed E-state index contributed by atoms with van der Waals surface area (Å²) in [5.74, 6) is -1.35. The monoisotopic (exact) mass is 456 g/mol. The number of hydrogen-bond acceptors (Lipinski definition) is 7. The Morgan fingerprint density at radius 3 is 2.50 bits per heavy atom. The molecule has 1 amide bonds. The number of carboxylic acid groups (broad SMARTS) is 1. The molecule has 32 heavy (non-hydrogen) atoms. The predicted octanol–water partition coefficient (Wildman–Crippen LogP) is 2.06. The fourth-order valence-corrected chi connectivity index (χ4v) is 4.07. The Hall–Kier alpha value is -2.99. The molecule has 0 spiro atoms. The third-order valence-corrected chi connectivity index (χ3v) is 5.46. The first kappa shape index (κ1) is 23.7. The summed E-state index contributed by atoms with van der Waals surface area (Å²) in [5, 5.41) is 7.12. The van der Waals surface area contributed by atoms with Crippen LogP contribution in [0.25, 0.3) is 0 Å². The highest BCUT2D eigenvalue weighted by Crippen LogP contribution is 2.33. The van der Waals surface area contributed by atoms with Gasteiger partial charge in [0.15, 0.2) is 0 Å². The molecule has 2 aromatic heterocycles. The minimum atomic E-state index is -5.08. The number of amides is 1. The number of likely N-dealkylation sites (tertiary alicyclic amines) is 2. The molecule has 0 saturated carbocycles. The standard InChI is InChI=1S/C18H22N4O3.C2HF3O2/c1-24-16-5-8-22(18(23)17-19-6-3-7-20-17)15-12-21(11-14(15)16)10-13-4-2-9-25-13;3-2(4,5)1(6)7/h2-4,6-7,9,14-16H,5,8,10-12H2,1H3;(H,6,7)/t14-,15+,16+;/m0./s1. The van der Waals surface area contributed by atoms with Crippen LogP contribution in [0.15, 0.2) is 41.3 Å². The molecule has 0 radical (unpaired) electrons. The first-order chi connectivity index (χ1) is 15.2. The Bertz CT molecular complexity index is 894. The van der Waals surface area contributed by atoms with E-state index in [2.05, 4.69) is 14.9 Å². The van der Waals surface area contributed by atoms with Gasteiger partial charge in [-0.05, 0) is 24.6 Å². The van der Waals surface area contributed by atoms with Gasteiger partial charge in [-0.3, -0.25) is 9.69 Å². The Morgan fingerprint density at radius 2 is 1.94 bits per heavy atom. The van der Waals surface area contributed by atoms with Gasteiger partial charge in [-0.1, -0.05) is 0 Å². The second kappa shape index (κ2) is 10.1. The third-order valence-electron chi connectivity index (χ3n) is 5.46. The summed E-state index contributed by atoms with van der Waals surface area (Å²) in [7, 11) is 1.76. The van der Waals surface area contributed by atoms with Crippen LogP contribution in [-0.4, -0.2) is 81.8 Å². The molecule has 3 atom stereocenters. The van der Waals surface area contributed by atoms with Crippen molar-refractivity contribution in [2.45, 2.75) is 31.3 Å². The molecule has 2 aliphatic heterocycles. The van der Waals surface area contributed by atoms with Gasteiger partial charge in [0.25, 0.3) is 5.91 Å². The highest BCUT2D eigenvalue weighted by molar-refractivity contribution is 5.90. The number of methoxy groups -OCH3 is 1. The molecular formula is C20H23F3N4O5. The maximum Gasteiger partial charge on any atom is 0.490 e. The van der Waals surface area contributed by atoms with Crippen LogP contribution in [0.5, 0.6) is 0 Å². The fraction of sp³-hybridized carbons (Fsp3) is 0.500. The van der Waals surface area contributed by atoms with E-state index in [1.165, 1.54) is 0 Å². The second-order valence-electron chi connectivity index (χ2n) is 7.44. The van der Waals surface area contributed by atoms with Crippen LogP contribution in [-0.2, 0) is 16.1 Å². The van der Waals surface area contributed by atoms with Gasteiger partial charge < -0.3 is 19.2 Å². The summed E-state index contributed by atoms with van der Waals surface area (Å²) >= 11 is 0. The molecule has 0 unspecified atom stereocenters.